The van der Waals surface area contributed by atoms with E-state index in [-0.39, 0.29) is 10.9 Å². The van der Waals surface area contributed by atoms with Gasteiger partial charge in [0.15, 0.2) is 5.65 Å². The van der Waals surface area contributed by atoms with Gasteiger partial charge >= 0.3 is 0 Å². The van der Waals surface area contributed by atoms with Gasteiger partial charge in [0.2, 0.25) is 0 Å². The van der Waals surface area contributed by atoms with E-state index in [2.05, 4.69) is 9.97 Å². The average molecular weight is 324 g/mol. The summed E-state index contributed by atoms with van der Waals surface area (Å²) in [6.45, 7) is 2.46. The lowest BCUT2D eigenvalue weighted by atomic mass is 10.2. The standard InChI is InChI=1S/C15H12Cl2FN3/c1-9-4-13-15(19-7-9)21(14(6-16)20-13)8-10-2-3-12(18)11(17)5-10/h2-5,7H,6,8H2,1H3. The highest BCUT2D eigenvalue weighted by Gasteiger charge is 2.12. The molecule has 0 aliphatic heterocycles. The Bertz CT molecular complexity index is 814. The number of hydrogen-bond donors (Lipinski definition) is 0. The molecule has 0 aliphatic rings. The Balaban J connectivity index is 2.08. The molecule has 3 nitrogen and oxygen atoms in total. The molecule has 21 heavy (non-hydrogen) atoms. The van der Waals surface area contributed by atoms with Gasteiger partial charge in [0.1, 0.15) is 17.2 Å². The summed E-state index contributed by atoms with van der Waals surface area (Å²) in [6.07, 6.45) is 1.79. The minimum Gasteiger partial charge on any atom is -0.307 e. The van der Waals surface area contributed by atoms with E-state index in [1.807, 2.05) is 17.6 Å². The normalized spacial score (nSPS) is 11.2. The Morgan fingerprint density at radius 1 is 1.29 bits per heavy atom. The SMILES string of the molecule is Cc1cnc2c(c1)nc(CCl)n2Cc1ccc(F)c(Cl)c1. The largest absolute Gasteiger partial charge is 0.307 e. The first-order chi connectivity index (χ1) is 10.1. The summed E-state index contributed by atoms with van der Waals surface area (Å²) in [5, 5.41) is 0.105. The summed E-state index contributed by atoms with van der Waals surface area (Å²) >= 11 is 11.8. The fraction of sp³-hybridized carbons (Fsp3) is 0.200. The summed E-state index contributed by atoms with van der Waals surface area (Å²) in [5.41, 5.74) is 3.48. The quantitative estimate of drug-likeness (QED) is 0.672. The van der Waals surface area contributed by atoms with E-state index in [1.165, 1.54) is 6.07 Å². The monoisotopic (exact) mass is 323 g/mol. The van der Waals surface area contributed by atoms with Gasteiger partial charge in [-0.15, -0.1) is 11.6 Å². The summed E-state index contributed by atoms with van der Waals surface area (Å²) in [7, 11) is 0. The number of benzene rings is 1. The second-order valence-electron chi connectivity index (χ2n) is 4.85. The van der Waals surface area contributed by atoms with Gasteiger partial charge in [-0.1, -0.05) is 17.7 Å². The Morgan fingerprint density at radius 3 is 2.81 bits per heavy atom. The van der Waals surface area contributed by atoms with Crippen LogP contribution in [-0.2, 0) is 12.4 Å². The Labute approximate surface area is 131 Å². The highest BCUT2D eigenvalue weighted by atomic mass is 35.5. The Hall–Kier alpha value is -1.65. The highest BCUT2D eigenvalue weighted by molar-refractivity contribution is 6.30. The van der Waals surface area contributed by atoms with E-state index in [0.29, 0.717) is 6.54 Å². The predicted molar refractivity (Wildman–Crippen MR) is 82.3 cm³/mol. The zero-order valence-corrected chi connectivity index (χ0v) is 12.8. The first kappa shape index (κ1) is 14.3. The molecule has 0 unspecified atom stereocenters. The smallest absolute Gasteiger partial charge is 0.160 e. The van der Waals surface area contributed by atoms with Crippen LogP contribution in [0.25, 0.3) is 11.2 Å². The minimum absolute atomic E-state index is 0.105. The van der Waals surface area contributed by atoms with Gasteiger partial charge in [0, 0.05) is 6.20 Å². The molecule has 0 radical (unpaired) electrons. The molecule has 1 aromatic carbocycles. The zero-order valence-electron chi connectivity index (χ0n) is 11.3. The third-order valence-electron chi connectivity index (χ3n) is 3.24. The number of hydrogen-bond acceptors (Lipinski definition) is 2. The molecule has 6 heteroatoms. The molecule has 2 aromatic heterocycles. The van der Waals surface area contributed by atoms with Crippen LogP contribution in [0.1, 0.15) is 17.0 Å². The maximum absolute atomic E-state index is 13.2. The maximum Gasteiger partial charge on any atom is 0.160 e. The van der Waals surface area contributed by atoms with Gasteiger partial charge < -0.3 is 4.57 Å². The number of halogens is 3. The molecule has 0 saturated carbocycles. The molecule has 3 aromatic rings. The molecule has 0 fully saturated rings. The second-order valence-corrected chi connectivity index (χ2v) is 5.53. The maximum atomic E-state index is 13.2. The van der Waals surface area contributed by atoms with Crippen LogP contribution in [0.2, 0.25) is 5.02 Å². The summed E-state index contributed by atoms with van der Waals surface area (Å²) in [4.78, 5) is 8.91. The molecule has 0 atom stereocenters. The van der Waals surface area contributed by atoms with Crippen molar-refractivity contribution in [2.45, 2.75) is 19.3 Å². The molecule has 3 rings (SSSR count). The number of rotatable bonds is 3. The van der Waals surface area contributed by atoms with Gasteiger partial charge in [-0.25, -0.2) is 14.4 Å². The number of aryl methyl sites for hydroxylation is 1. The lowest BCUT2D eigenvalue weighted by molar-refractivity contribution is 0.626. The Morgan fingerprint density at radius 2 is 2.10 bits per heavy atom. The van der Waals surface area contributed by atoms with Crippen molar-refractivity contribution < 1.29 is 4.39 Å². The van der Waals surface area contributed by atoms with Crippen LogP contribution in [0.5, 0.6) is 0 Å². The average Bonchev–Trinajstić information content (AvgIpc) is 2.80. The predicted octanol–water partition coefficient (Wildman–Crippen LogP) is 4.32. The van der Waals surface area contributed by atoms with E-state index in [1.54, 1.807) is 18.3 Å². The number of alkyl halides is 1. The van der Waals surface area contributed by atoms with E-state index in [4.69, 9.17) is 23.2 Å². The number of aromatic nitrogens is 3. The molecular weight excluding hydrogens is 312 g/mol. The van der Waals surface area contributed by atoms with Crippen LogP contribution in [0, 0.1) is 12.7 Å². The van der Waals surface area contributed by atoms with Crippen LogP contribution in [0.15, 0.2) is 30.5 Å². The number of imidazole rings is 1. The van der Waals surface area contributed by atoms with E-state index in [9.17, 15) is 4.39 Å². The van der Waals surface area contributed by atoms with E-state index >= 15 is 0 Å². The molecule has 0 aliphatic carbocycles. The van der Waals surface area contributed by atoms with Crippen molar-refractivity contribution in [1.82, 2.24) is 14.5 Å². The van der Waals surface area contributed by atoms with Crippen LogP contribution >= 0.6 is 23.2 Å². The lowest BCUT2D eigenvalue weighted by Crippen LogP contribution is -2.05. The van der Waals surface area contributed by atoms with Crippen molar-refractivity contribution in [1.29, 1.82) is 0 Å². The summed E-state index contributed by atoms with van der Waals surface area (Å²) < 4.78 is 15.2. The number of pyridine rings is 1. The summed E-state index contributed by atoms with van der Waals surface area (Å²) in [6, 6.07) is 6.62. The van der Waals surface area contributed by atoms with Gasteiger partial charge in [-0.3, -0.25) is 0 Å². The van der Waals surface area contributed by atoms with Gasteiger partial charge in [0.25, 0.3) is 0 Å². The molecule has 108 valence electrons. The van der Waals surface area contributed by atoms with Crippen molar-refractivity contribution in [2.75, 3.05) is 0 Å². The summed E-state index contributed by atoms with van der Waals surface area (Å²) in [5.74, 6) is 0.581. The fourth-order valence-corrected chi connectivity index (χ4v) is 2.65. The van der Waals surface area contributed by atoms with Crippen molar-refractivity contribution in [2.24, 2.45) is 0 Å². The van der Waals surface area contributed by atoms with Crippen LogP contribution < -0.4 is 0 Å². The molecule has 0 saturated heterocycles. The zero-order chi connectivity index (χ0) is 15.0. The van der Waals surface area contributed by atoms with Gasteiger partial charge in [-0.05, 0) is 36.2 Å². The van der Waals surface area contributed by atoms with Crippen molar-refractivity contribution in [3.63, 3.8) is 0 Å². The topological polar surface area (TPSA) is 30.7 Å². The third kappa shape index (κ3) is 2.74. The lowest BCUT2D eigenvalue weighted by Gasteiger charge is -2.08. The third-order valence-corrected chi connectivity index (χ3v) is 3.77. The first-order valence-electron chi connectivity index (χ1n) is 6.40. The second kappa shape index (κ2) is 5.62. The fourth-order valence-electron chi connectivity index (χ4n) is 2.25. The first-order valence-corrected chi connectivity index (χ1v) is 7.31. The minimum atomic E-state index is -0.428. The van der Waals surface area contributed by atoms with E-state index in [0.717, 1.165) is 28.1 Å². The van der Waals surface area contributed by atoms with Crippen molar-refractivity contribution in [3.8, 4) is 0 Å². The molecule has 0 spiro atoms. The molecule has 0 amide bonds. The van der Waals surface area contributed by atoms with Crippen molar-refractivity contribution >= 4 is 34.4 Å². The van der Waals surface area contributed by atoms with E-state index < -0.39 is 5.82 Å². The Kier molecular flexibility index (Phi) is 3.83. The van der Waals surface area contributed by atoms with Crippen molar-refractivity contribution in [3.05, 3.63) is 58.3 Å². The molecule has 2 heterocycles. The molecule has 0 bridgehead atoms. The van der Waals surface area contributed by atoms with Crippen LogP contribution in [0.4, 0.5) is 4.39 Å². The number of fused-ring (bicyclic) bond motifs is 1. The van der Waals surface area contributed by atoms with Gasteiger partial charge in [0.05, 0.1) is 17.4 Å². The van der Waals surface area contributed by atoms with Gasteiger partial charge in [-0.2, -0.15) is 0 Å². The van der Waals surface area contributed by atoms with Crippen LogP contribution in [-0.4, -0.2) is 14.5 Å². The van der Waals surface area contributed by atoms with Crippen LogP contribution in [0.3, 0.4) is 0 Å². The molecular formula is C15H12Cl2FN3. The number of nitrogens with zero attached hydrogens (tertiary/aromatic N) is 3. The highest BCUT2D eigenvalue weighted by Crippen LogP contribution is 2.21. The molecule has 0 N–H and O–H groups in total.